The van der Waals surface area contributed by atoms with Gasteiger partial charge in [0.2, 0.25) is 0 Å². The van der Waals surface area contributed by atoms with Crippen molar-refractivity contribution in [1.29, 1.82) is 0 Å². The summed E-state index contributed by atoms with van der Waals surface area (Å²) in [5, 5.41) is 115. The van der Waals surface area contributed by atoms with E-state index in [2.05, 4.69) is 20.8 Å². The Morgan fingerprint density at radius 3 is 1.98 bits per heavy atom. The fraction of sp³-hybridized carbons (Fsp3) is 1.00. The molecule has 0 aromatic carbocycles. The van der Waals surface area contributed by atoms with Crippen LogP contribution in [0, 0.1) is 52.3 Å². The zero-order valence-electron chi connectivity index (χ0n) is 37.3. The molecule has 364 valence electrons. The highest BCUT2D eigenvalue weighted by molar-refractivity contribution is 5.15. The van der Waals surface area contributed by atoms with Gasteiger partial charge in [-0.25, -0.2) is 0 Å². The number of ether oxygens (including phenoxy) is 7. The Hall–Kier alpha value is -0.720. The van der Waals surface area contributed by atoms with Crippen LogP contribution in [0.25, 0.3) is 0 Å². The van der Waals surface area contributed by atoms with E-state index in [0.717, 1.165) is 51.4 Å². The summed E-state index contributed by atoms with van der Waals surface area (Å²) in [6.07, 6.45) is -12.1. The normalized spacial score (nSPS) is 56.3. The highest BCUT2D eigenvalue weighted by atomic mass is 16.8. The van der Waals surface area contributed by atoms with E-state index >= 15 is 0 Å². The Labute approximate surface area is 369 Å². The lowest BCUT2D eigenvalue weighted by Gasteiger charge is -2.61. The first-order chi connectivity index (χ1) is 29.8. The van der Waals surface area contributed by atoms with E-state index < -0.39 is 111 Å². The lowest BCUT2D eigenvalue weighted by atomic mass is 9.44. The minimum absolute atomic E-state index is 0.0145. The molecule has 27 atom stereocenters. The Morgan fingerprint density at radius 1 is 0.651 bits per heavy atom. The third-order valence-corrected chi connectivity index (χ3v) is 17.9. The Kier molecular flexibility index (Phi) is 14.4. The summed E-state index contributed by atoms with van der Waals surface area (Å²) >= 11 is 0. The first kappa shape index (κ1) is 48.7. The van der Waals surface area contributed by atoms with Crippen molar-refractivity contribution in [1.82, 2.24) is 0 Å². The summed E-state index contributed by atoms with van der Waals surface area (Å²) < 4.78 is 42.2. The summed E-state index contributed by atoms with van der Waals surface area (Å²) in [5.41, 5.74) is 0.0866. The van der Waals surface area contributed by atoms with Crippen LogP contribution in [-0.2, 0) is 33.2 Å². The topological polar surface area (TPSA) is 287 Å². The van der Waals surface area contributed by atoms with Crippen molar-refractivity contribution in [3.8, 4) is 0 Å². The summed E-state index contributed by atoms with van der Waals surface area (Å²) in [5.74, 6) is 0.658. The lowest BCUT2D eigenvalue weighted by Crippen LogP contribution is -2.64. The van der Waals surface area contributed by atoms with Gasteiger partial charge in [0.1, 0.15) is 67.1 Å². The summed E-state index contributed by atoms with van der Waals surface area (Å²) in [6.45, 7) is 9.57. The smallest absolute Gasteiger partial charge is 0.187 e. The third-order valence-electron chi connectivity index (χ3n) is 17.9. The monoisotopic (exact) mass is 905 g/mol. The number of hydrogen-bond acceptors (Lipinski definition) is 18. The van der Waals surface area contributed by atoms with Gasteiger partial charge in [-0.1, -0.05) is 27.7 Å². The van der Waals surface area contributed by atoms with Crippen molar-refractivity contribution in [2.24, 2.45) is 52.3 Å². The van der Waals surface area contributed by atoms with Gasteiger partial charge in [0, 0.05) is 12.3 Å². The Morgan fingerprint density at radius 2 is 1.29 bits per heavy atom. The third kappa shape index (κ3) is 8.60. The van der Waals surface area contributed by atoms with E-state index in [-0.39, 0.29) is 47.4 Å². The molecule has 4 aliphatic carbocycles. The van der Waals surface area contributed by atoms with E-state index in [0.29, 0.717) is 36.5 Å². The molecule has 0 bridgehead atoms. The van der Waals surface area contributed by atoms with Gasteiger partial charge in [0.05, 0.1) is 38.1 Å². The molecule has 18 heteroatoms. The molecule has 4 saturated carbocycles. The molecule has 0 aromatic heterocycles. The number of aliphatic hydroxyl groups is 11. The maximum absolute atomic E-state index is 12.1. The van der Waals surface area contributed by atoms with Crippen molar-refractivity contribution < 1.29 is 89.3 Å². The Bertz CT molecular complexity index is 1540. The molecule has 18 nitrogen and oxygen atoms in total. The summed E-state index contributed by atoms with van der Waals surface area (Å²) in [6, 6.07) is 0. The van der Waals surface area contributed by atoms with Gasteiger partial charge >= 0.3 is 0 Å². The maximum atomic E-state index is 12.1. The molecular weight excluding hydrogens is 828 g/mol. The van der Waals surface area contributed by atoms with Crippen LogP contribution in [0.5, 0.6) is 0 Å². The van der Waals surface area contributed by atoms with Gasteiger partial charge < -0.3 is 89.3 Å². The van der Waals surface area contributed by atoms with E-state index in [1.54, 1.807) is 0 Å². The van der Waals surface area contributed by atoms with Crippen molar-refractivity contribution in [3.63, 3.8) is 0 Å². The standard InChI is InChI=1S/C45H76O18/c1-19(18-57-40-37(54)35(52)32(49)28(16-46)60-40)8-13-45(56)20(2)30-27(63-45)15-26-24-7-6-22-14-23(9-11-43(22,4)25(24)10-12-44(26,30)5)59-42-39(36(53)33(50)29(17-47)61-42)62-41-38(55)34(51)31(48)21(3)58-41/h19-42,46-56H,6-18H2,1-5H3/t19-,20+,21+,22?,23?,24?,25?,26?,27?,28-,29-,30?,31+,32-,33-,34-,35+,36+,37-,38-,39-,40-,41-,42-,43?,44?,45-/m1/s1. The predicted octanol–water partition coefficient (Wildman–Crippen LogP) is -0.752. The molecule has 0 amide bonds. The second-order valence-corrected chi connectivity index (χ2v) is 21.4. The highest BCUT2D eigenvalue weighted by Crippen LogP contribution is 2.71. The molecule has 4 saturated heterocycles. The van der Waals surface area contributed by atoms with Crippen LogP contribution in [0.15, 0.2) is 0 Å². The lowest BCUT2D eigenvalue weighted by molar-refractivity contribution is -0.371. The van der Waals surface area contributed by atoms with Crippen molar-refractivity contribution >= 4 is 0 Å². The first-order valence-corrected chi connectivity index (χ1v) is 23.7. The SMILES string of the molecule is C[C@H](CC[C@@]1(O)OC2CC3C4CCC5CC(O[C@@H]6O[C@H](CO)[C@@H](O)[C@H](O)[C@H]6O[C@H]6O[C@@H](C)[C@H](O)[C@@H](O)[C@H]6O)CCC5(C)C4CCC3(C)C2[C@@H]1C)CO[C@@H]1O[C@H](CO)[C@@H](O)[C@H](O)[C@H]1O. The van der Waals surface area contributed by atoms with Gasteiger partial charge in [0.15, 0.2) is 24.7 Å². The molecular formula is C45H76O18. The second-order valence-electron chi connectivity index (χ2n) is 21.4. The second kappa shape index (κ2) is 18.6. The minimum Gasteiger partial charge on any atom is -0.394 e. The quantitative estimate of drug-likeness (QED) is 0.107. The Balaban J connectivity index is 0.868. The van der Waals surface area contributed by atoms with Crippen LogP contribution < -0.4 is 0 Å². The van der Waals surface area contributed by atoms with Crippen LogP contribution in [-0.4, -0.2) is 186 Å². The molecule has 9 unspecified atom stereocenters. The largest absolute Gasteiger partial charge is 0.394 e. The number of hydrogen-bond donors (Lipinski definition) is 11. The van der Waals surface area contributed by atoms with Crippen molar-refractivity contribution in [3.05, 3.63) is 0 Å². The molecule has 0 radical (unpaired) electrons. The van der Waals surface area contributed by atoms with Gasteiger partial charge in [-0.3, -0.25) is 0 Å². The van der Waals surface area contributed by atoms with E-state index in [1.807, 2.05) is 6.92 Å². The highest BCUT2D eigenvalue weighted by Gasteiger charge is 2.68. The fourth-order valence-electron chi connectivity index (χ4n) is 14.1. The summed E-state index contributed by atoms with van der Waals surface area (Å²) in [7, 11) is 0. The van der Waals surface area contributed by atoms with Crippen molar-refractivity contribution in [2.45, 2.75) is 209 Å². The maximum Gasteiger partial charge on any atom is 0.187 e. The molecule has 0 aromatic rings. The molecule has 8 aliphatic rings. The molecule has 11 N–H and O–H groups in total. The van der Waals surface area contributed by atoms with E-state index in [1.165, 1.54) is 6.92 Å². The van der Waals surface area contributed by atoms with Gasteiger partial charge in [-0.05, 0) is 111 Å². The van der Waals surface area contributed by atoms with Gasteiger partial charge in [-0.2, -0.15) is 0 Å². The van der Waals surface area contributed by atoms with Gasteiger partial charge in [0.25, 0.3) is 0 Å². The van der Waals surface area contributed by atoms with Crippen LogP contribution in [0.4, 0.5) is 0 Å². The molecule has 0 spiro atoms. The summed E-state index contributed by atoms with van der Waals surface area (Å²) in [4.78, 5) is 0. The van der Waals surface area contributed by atoms with Crippen LogP contribution in [0.2, 0.25) is 0 Å². The van der Waals surface area contributed by atoms with E-state index in [4.69, 9.17) is 33.2 Å². The zero-order valence-corrected chi connectivity index (χ0v) is 37.3. The minimum atomic E-state index is -1.64. The van der Waals surface area contributed by atoms with Crippen molar-refractivity contribution in [2.75, 3.05) is 19.8 Å². The fourth-order valence-corrected chi connectivity index (χ4v) is 14.1. The number of aliphatic hydroxyl groups excluding tert-OH is 10. The number of fused-ring (bicyclic) bond motifs is 7. The predicted molar refractivity (Wildman–Crippen MR) is 218 cm³/mol. The van der Waals surface area contributed by atoms with E-state index in [9.17, 15) is 56.2 Å². The van der Waals surface area contributed by atoms with Crippen LogP contribution in [0.3, 0.4) is 0 Å². The zero-order chi connectivity index (χ0) is 45.5. The molecule has 4 aliphatic heterocycles. The number of rotatable bonds is 12. The van der Waals surface area contributed by atoms with Crippen LogP contribution >= 0.6 is 0 Å². The van der Waals surface area contributed by atoms with Crippen LogP contribution in [0.1, 0.15) is 98.8 Å². The average molecular weight is 905 g/mol. The first-order valence-electron chi connectivity index (χ1n) is 23.7. The van der Waals surface area contributed by atoms with Gasteiger partial charge in [-0.15, -0.1) is 0 Å². The average Bonchev–Trinajstić information content (AvgIpc) is 3.70. The molecule has 8 fully saturated rings. The molecule has 8 rings (SSSR count). The molecule has 4 heterocycles. The molecule has 63 heavy (non-hydrogen) atoms.